The second kappa shape index (κ2) is 9.25. The van der Waals surface area contributed by atoms with Crippen LogP contribution in [-0.4, -0.2) is 18.4 Å². The van der Waals surface area contributed by atoms with Crippen LogP contribution in [0, 0.1) is 11.3 Å². The minimum Gasteiger partial charge on any atom is -0.276 e. The van der Waals surface area contributed by atoms with Gasteiger partial charge in [0.2, 0.25) is 0 Å². The smallest absolute Gasteiger partial charge is 0.143 e. The summed E-state index contributed by atoms with van der Waals surface area (Å²) in [4.78, 5) is 4.30. The second-order valence-corrected chi connectivity index (χ2v) is 5.22. The molecule has 2 nitrogen and oxygen atoms in total. The first-order valence-corrected chi connectivity index (χ1v) is 7.25. The Morgan fingerprint density at radius 1 is 1.25 bits per heavy atom. The molecule has 0 aliphatic heterocycles. The summed E-state index contributed by atoms with van der Waals surface area (Å²) in [7, 11) is 0. The molecular formula is C17H23FN2. The molecule has 0 aromatic heterocycles. The van der Waals surface area contributed by atoms with Crippen LogP contribution in [0.4, 0.5) is 4.39 Å². The molecule has 0 fully saturated rings. The summed E-state index contributed by atoms with van der Waals surface area (Å²) in [6, 6.07) is 12.6. The molecule has 0 aliphatic carbocycles. The molecule has 0 aliphatic rings. The quantitative estimate of drug-likeness (QED) is 0.482. The molecule has 0 radical (unpaired) electrons. The molecule has 20 heavy (non-hydrogen) atoms. The van der Waals surface area contributed by atoms with Crippen LogP contribution in [0.15, 0.2) is 35.3 Å². The van der Waals surface area contributed by atoms with Gasteiger partial charge in [-0.25, -0.2) is 0 Å². The largest absolute Gasteiger partial charge is 0.276 e. The molecule has 0 bridgehead atoms. The molecule has 1 unspecified atom stereocenters. The number of alkyl halides is 1. The van der Waals surface area contributed by atoms with Crippen LogP contribution >= 0.6 is 0 Å². The Hall–Kier alpha value is -1.69. The van der Waals surface area contributed by atoms with Crippen LogP contribution < -0.4 is 0 Å². The minimum atomic E-state index is -0.758. The standard InChI is InChI=1S/C17H23FN2/c1-17(15-19,12-8-13-18)20-14-7-3-6-11-16-9-4-2-5-10-16/h2,4-5,9-10,14H,3,6-8,11-13H2,1H3/b20-14+. The summed E-state index contributed by atoms with van der Waals surface area (Å²) in [6.45, 7) is 1.38. The number of benzene rings is 1. The summed E-state index contributed by atoms with van der Waals surface area (Å²) in [5.74, 6) is 0. The molecule has 3 heteroatoms. The van der Waals surface area contributed by atoms with E-state index in [4.69, 9.17) is 5.26 Å². The van der Waals surface area contributed by atoms with E-state index in [1.807, 2.05) is 12.3 Å². The number of nitrogens with zero attached hydrogens (tertiary/aromatic N) is 2. The van der Waals surface area contributed by atoms with E-state index in [1.165, 1.54) is 5.56 Å². The number of unbranched alkanes of at least 4 members (excludes halogenated alkanes) is 2. The number of halogens is 1. The SMILES string of the molecule is CC(C#N)(CCCF)/N=C/CCCCc1ccccc1. The van der Waals surface area contributed by atoms with Gasteiger partial charge in [-0.1, -0.05) is 30.3 Å². The fourth-order valence-electron chi connectivity index (χ4n) is 2.04. The Kier molecular flexibility index (Phi) is 7.57. The predicted octanol–water partition coefficient (Wildman–Crippen LogP) is 4.50. The maximum Gasteiger partial charge on any atom is 0.143 e. The first-order valence-electron chi connectivity index (χ1n) is 7.25. The van der Waals surface area contributed by atoms with Gasteiger partial charge >= 0.3 is 0 Å². The van der Waals surface area contributed by atoms with E-state index >= 15 is 0 Å². The van der Waals surface area contributed by atoms with Crippen molar-refractivity contribution in [1.29, 1.82) is 5.26 Å². The third-order valence-electron chi connectivity index (χ3n) is 3.31. The highest BCUT2D eigenvalue weighted by Crippen LogP contribution is 2.16. The van der Waals surface area contributed by atoms with Gasteiger partial charge in [0.05, 0.1) is 12.7 Å². The third kappa shape index (κ3) is 6.47. The van der Waals surface area contributed by atoms with Crippen molar-refractivity contribution in [1.82, 2.24) is 0 Å². The lowest BCUT2D eigenvalue weighted by Crippen LogP contribution is -2.19. The Morgan fingerprint density at radius 3 is 2.65 bits per heavy atom. The lowest BCUT2D eigenvalue weighted by atomic mass is 9.99. The molecule has 0 N–H and O–H groups in total. The molecule has 1 aromatic carbocycles. The highest BCUT2D eigenvalue weighted by atomic mass is 19.1. The van der Waals surface area contributed by atoms with E-state index in [-0.39, 0.29) is 6.67 Å². The van der Waals surface area contributed by atoms with Gasteiger partial charge in [-0.15, -0.1) is 0 Å². The Bertz CT molecular complexity index is 436. The van der Waals surface area contributed by atoms with Crippen LogP contribution in [0.25, 0.3) is 0 Å². The molecule has 0 saturated heterocycles. The van der Waals surface area contributed by atoms with E-state index in [0.29, 0.717) is 12.8 Å². The average Bonchev–Trinajstić information content (AvgIpc) is 2.50. The molecule has 0 saturated carbocycles. The van der Waals surface area contributed by atoms with Gasteiger partial charge in [-0.05, 0) is 51.0 Å². The molecule has 1 aromatic rings. The van der Waals surface area contributed by atoms with Gasteiger partial charge in [0.15, 0.2) is 0 Å². The fourth-order valence-corrected chi connectivity index (χ4v) is 2.04. The van der Waals surface area contributed by atoms with Gasteiger partial charge in [0.25, 0.3) is 0 Å². The van der Waals surface area contributed by atoms with Crippen molar-refractivity contribution in [3.8, 4) is 6.07 Å². The monoisotopic (exact) mass is 274 g/mol. The number of rotatable bonds is 9. The lowest BCUT2D eigenvalue weighted by molar-refractivity contribution is 0.422. The highest BCUT2D eigenvalue weighted by Gasteiger charge is 2.20. The van der Waals surface area contributed by atoms with E-state index in [1.54, 1.807) is 6.92 Å². The summed E-state index contributed by atoms with van der Waals surface area (Å²) >= 11 is 0. The molecule has 0 heterocycles. The molecule has 0 amide bonds. The average molecular weight is 274 g/mol. The predicted molar refractivity (Wildman–Crippen MR) is 81.7 cm³/mol. The van der Waals surface area contributed by atoms with Crippen LogP contribution in [0.1, 0.15) is 44.6 Å². The van der Waals surface area contributed by atoms with Gasteiger partial charge in [-0.3, -0.25) is 9.38 Å². The number of aryl methyl sites for hydroxylation is 1. The zero-order valence-corrected chi connectivity index (χ0v) is 12.2. The molecule has 0 spiro atoms. The van der Waals surface area contributed by atoms with Crippen molar-refractivity contribution in [3.05, 3.63) is 35.9 Å². The Labute approximate surface area is 121 Å². The zero-order valence-electron chi connectivity index (χ0n) is 12.2. The maximum absolute atomic E-state index is 12.1. The van der Waals surface area contributed by atoms with Crippen molar-refractivity contribution in [3.63, 3.8) is 0 Å². The normalized spacial score (nSPS) is 14.1. The number of nitriles is 1. The van der Waals surface area contributed by atoms with Gasteiger partial charge in [0.1, 0.15) is 5.54 Å². The van der Waals surface area contributed by atoms with Crippen LogP contribution in [0.3, 0.4) is 0 Å². The van der Waals surface area contributed by atoms with Crippen molar-refractivity contribution < 1.29 is 4.39 Å². The third-order valence-corrected chi connectivity index (χ3v) is 3.31. The summed E-state index contributed by atoms with van der Waals surface area (Å²) in [6.07, 6.45) is 6.83. The summed E-state index contributed by atoms with van der Waals surface area (Å²) < 4.78 is 12.1. The van der Waals surface area contributed by atoms with E-state index in [0.717, 1.165) is 25.7 Å². The topological polar surface area (TPSA) is 36.1 Å². The Balaban J connectivity index is 2.22. The molecular weight excluding hydrogens is 251 g/mol. The lowest BCUT2D eigenvalue weighted by Gasteiger charge is -2.14. The highest BCUT2D eigenvalue weighted by molar-refractivity contribution is 5.58. The molecule has 1 atom stereocenters. The van der Waals surface area contributed by atoms with E-state index < -0.39 is 5.54 Å². The number of aliphatic imine (C=N–C) groups is 1. The first-order chi connectivity index (χ1) is 9.70. The van der Waals surface area contributed by atoms with Crippen LogP contribution in [0.2, 0.25) is 0 Å². The number of hydrogen-bond donors (Lipinski definition) is 0. The maximum atomic E-state index is 12.1. The minimum absolute atomic E-state index is 0.385. The van der Waals surface area contributed by atoms with Gasteiger partial charge in [-0.2, -0.15) is 5.26 Å². The van der Waals surface area contributed by atoms with Gasteiger partial charge < -0.3 is 0 Å². The van der Waals surface area contributed by atoms with E-state index in [9.17, 15) is 4.39 Å². The molecule has 108 valence electrons. The van der Waals surface area contributed by atoms with Crippen molar-refractivity contribution in [2.75, 3.05) is 6.67 Å². The van der Waals surface area contributed by atoms with Crippen LogP contribution in [-0.2, 0) is 6.42 Å². The second-order valence-electron chi connectivity index (χ2n) is 5.22. The van der Waals surface area contributed by atoms with Crippen molar-refractivity contribution in [2.24, 2.45) is 4.99 Å². The Morgan fingerprint density at radius 2 is 2.00 bits per heavy atom. The summed E-state index contributed by atoms with van der Waals surface area (Å²) in [5.41, 5.74) is 0.597. The summed E-state index contributed by atoms with van der Waals surface area (Å²) in [5, 5.41) is 9.08. The molecule has 1 rings (SSSR count). The van der Waals surface area contributed by atoms with Crippen molar-refractivity contribution >= 4 is 6.21 Å². The first kappa shape index (κ1) is 16.4. The zero-order chi connectivity index (χ0) is 14.7. The fraction of sp³-hybridized carbons (Fsp3) is 0.529. The van der Waals surface area contributed by atoms with Crippen molar-refractivity contribution in [2.45, 2.75) is 51.0 Å². The van der Waals surface area contributed by atoms with Gasteiger partial charge in [0, 0.05) is 6.21 Å². The number of hydrogen-bond acceptors (Lipinski definition) is 2. The van der Waals surface area contributed by atoms with Crippen LogP contribution in [0.5, 0.6) is 0 Å². The van der Waals surface area contributed by atoms with E-state index in [2.05, 4.69) is 35.3 Å².